The molecular formula is C12H22N2O2. The summed E-state index contributed by atoms with van der Waals surface area (Å²) in [5, 5.41) is 2.75. The molecule has 1 amide bonds. The van der Waals surface area contributed by atoms with E-state index in [4.69, 9.17) is 0 Å². The van der Waals surface area contributed by atoms with Crippen molar-refractivity contribution in [2.24, 2.45) is 16.3 Å². The second-order valence-electron chi connectivity index (χ2n) is 5.49. The Morgan fingerprint density at radius 1 is 1.38 bits per heavy atom. The maximum absolute atomic E-state index is 11.6. The topological polar surface area (TPSA) is 58.5 Å². The Bertz CT molecular complexity index is 273. The molecule has 92 valence electrons. The van der Waals surface area contributed by atoms with Gasteiger partial charge in [0.15, 0.2) is 0 Å². The lowest BCUT2D eigenvalue weighted by Crippen LogP contribution is -2.42. The second kappa shape index (κ2) is 6.44. The Kier molecular flexibility index (Phi) is 5.97. The van der Waals surface area contributed by atoms with Crippen molar-refractivity contribution in [3.8, 4) is 0 Å². The molecular weight excluding hydrogens is 204 g/mol. The van der Waals surface area contributed by atoms with Crippen molar-refractivity contribution in [1.29, 1.82) is 0 Å². The van der Waals surface area contributed by atoms with Gasteiger partial charge in [-0.2, -0.15) is 4.99 Å². The quantitative estimate of drug-likeness (QED) is 0.577. The molecule has 0 bridgehead atoms. The monoisotopic (exact) mass is 226 g/mol. The molecule has 0 rings (SSSR count). The lowest BCUT2D eigenvalue weighted by atomic mass is 9.92. The molecule has 0 saturated carbocycles. The molecule has 0 radical (unpaired) electrons. The maximum Gasteiger partial charge on any atom is 0.237 e. The van der Waals surface area contributed by atoms with Gasteiger partial charge in [0.1, 0.15) is 6.17 Å². The van der Waals surface area contributed by atoms with Crippen molar-refractivity contribution in [1.82, 2.24) is 5.32 Å². The summed E-state index contributed by atoms with van der Waals surface area (Å²) in [6.45, 7) is 9.89. The van der Waals surface area contributed by atoms with E-state index >= 15 is 0 Å². The molecule has 4 nitrogen and oxygen atoms in total. The minimum atomic E-state index is -0.496. The molecule has 0 aromatic carbocycles. The van der Waals surface area contributed by atoms with E-state index in [0.717, 1.165) is 6.42 Å². The van der Waals surface area contributed by atoms with Crippen LogP contribution in [0.25, 0.3) is 0 Å². The van der Waals surface area contributed by atoms with Crippen LogP contribution >= 0.6 is 0 Å². The number of rotatable bonds is 5. The summed E-state index contributed by atoms with van der Waals surface area (Å²) >= 11 is 0. The molecule has 0 aliphatic heterocycles. The Hall–Kier alpha value is -1.15. The van der Waals surface area contributed by atoms with Crippen LogP contribution in [0, 0.1) is 11.3 Å². The molecule has 0 aromatic rings. The van der Waals surface area contributed by atoms with Crippen molar-refractivity contribution >= 4 is 12.0 Å². The van der Waals surface area contributed by atoms with Gasteiger partial charge in [0.05, 0.1) is 0 Å². The molecule has 0 saturated heterocycles. The van der Waals surface area contributed by atoms with E-state index in [-0.39, 0.29) is 11.3 Å². The number of carbonyl (C=O) groups is 1. The summed E-state index contributed by atoms with van der Waals surface area (Å²) in [6, 6.07) is 0. The van der Waals surface area contributed by atoms with Crippen LogP contribution in [0.2, 0.25) is 0 Å². The van der Waals surface area contributed by atoms with Crippen LogP contribution in [0.15, 0.2) is 4.99 Å². The zero-order chi connectivity index (χ0) is 12.8. The molecule has 16 heavy (non-hydrogen) atoms. The number of carbonyl (C=O) groups excluding carboxylic acids is 2. The molecule has 0 aromatic heterocycles. The Morgan fingerprint density at radius 2 is 1.94 bits per heavy atom. The minimum absolute atomic E-state index is 0.0624. The van der Waals surface area contributed by atoms with Crippen LogP contribution in [-0.4, -0.2) is 18.2 Å². The van der Waals surface area contributed by atoms with Gasteiger partial charge in [0.25, 0.3) is 0 Å². The molecule has 1 N–H and O–H groups in total. The van der Waals surface area contributed by atoms with Crippen molar-refractivity contribution < 1.29 is 9.59 Å². The summed E-state index contributed by atoms with van der Waals surface area (Å²) in [7, 11) is 0. The van der Waals surface area contributed by atoms with Crippen LogP contribution in [-0.2, 0) is 9.59 Å². The zero-order valence-corrected chi connectivity index (χ0v) is 10.8. The first-order valence-corrected chi connectivity index (χ1v) is 5.63. The van der Waals surface area contributed by atoms with Gasteiger partial charge in [-0.1, -0.05) is 34.6 Å². The number of hydrogen-bond donors (Lipinski definition) is 1. The largest absolute Gasteiger partial charge is 0.333 e. The van der Waals surface area contributed by atoms with E-state index in [1.807, 2.05) is 20.8 Å². The van der Waals surface area contributed by atoms with E-state index in [1.54, 1.807) is 0 Å². The minimum Gasteiger partial charge on any atom is -0.333 e. The zero-order valence-electron chi connectivity index (χ0n) is 10.8. The van der Waals surface area contributed by atoms with Gasteiger partial charge in [-0.05, 0) is 12.3 Å². The molecule has 4 heteroatoms. The van der Waals surface area contributed by atoms with Crippen LogP contribution in [0.3, 0.4) is 0 Å². The van der Waals surface area contributed by atoms with Crippen LogP contribution in [0.4, 0.5) is 0 Å². The number of isocyanates is 1. The first-order valence-electron chi connectivity index (χ1n) is 5.63. The fraction of sp³-hybridized carbons (Fsp3) is 0.833. The van der Waals surface area contributed by atoms with E-state index in [9.17, 15) is 9.59 Å². The molecule has 0 heterocycles. The highest BCUT2D eigenvalue weighted by atomic mass is 16.2. The van der Waals surface area contributed by atoms with E-state index in [1.165, 1.54) is 6.08 Å². The van der Waals surface area contributed by atoms with Crippen LogP contribution in [0.1, 0.15) is 47.5 Å². The lowest BCUT2D eigenvalue weighted by molar-refractivity contribution is -0.122. The van der Waals surface area contributed by atoms with Gasteiger partial charge in [-0.15, -0.1) is 0 Å². The molecule has 0 fully saturated rings. The van der Waals surface area contributed by atoms with Crippen LogP contribution < -0.4 is 5.32 Å². The van der Waals surface area contributed by atoms with Crippen molar-refractivity contribution in [3.63, 3.8) is 0 Å². The molecule has 1 unspecified atom stereocenters. The summed E-state index contributed by atoms with van der Waals surface area (Å²) < 4.78 is 0. The highest BCUT2D eigenvalue weighted by Crippen LogP contribution is 2.20. The number of nitrogens with one attached hydrogen (secondary N) is 1. The van der Waals surface area contributed by atoms with Gasteiger partial charge in [-0.25, -0.2) is 4.79 Å². The molecule has 0 aliphatic carbocycles. The summed E-state index contributed by atoms with van der Waals surface area (Å²) in [6.07, 6.45) is 2.32. The lowest BCUT2D eigenvalue weighted by Gasteiger charge is -2.26. The van der Waals surface area contributed by atoms with Crippen molar-refractivity contribution in [2.45, 2.75) is 53.6 Å². The molecule has 1 atom stereocenters. The predicted molar refractivity (Wildman–Crippen MR) is 63.6 cm³/mol. The average molecular weight is 226 g/mol. The normalized spacial score (nSPS) is 13.1. The van der Waals surface area contributed by atoms with Gasteiger partial charge < -0.3 is 5.32 Å². The second-order valence-corrected chi connectivity index (χ2v) is 5.49. The number of amides is 1. The fourth-order valence-electron chi connectivity index (χ4n) is 1.14. The highest BCUT2D eigenvalue weighted by Gasteiger charge is 2.25. The molecule has 0 aliphatic rings. The highest BCUT2D eigenvalue weighted by molar-refractivity contribution is 5.76. The van der Waals surface area contributed by atoms with Gasteiger partial charge in [0.2, 0.25) is 12.0 Å². The molecule has 0 spiro atoms. The Morgan fingerprint density at radius 3 is 2.31 bits per heavy atom. The number of aliphatic imine (C=N–C) groups is 1. The fourth-order valence-corrected chi connectivity index (χ4v) is 1.14. The van der Waals surface area contributed by atoms with Crippen molar-refractivity contribution in [2.75, 3.05) is 0 Å². The third-order valence-electron chi connectivity index (χ3n) is 2.25. The Balaban J connectivity index is 4.31. The summed E-state index contributed by atoms with van der Waals surface area (Å²) in [5.74, 6) is 0.432. The van der Waals surface area contributed by atoms with Crippen molar-refractivity contribution in [3.05, 3.63) is 0 Å². The standard InChI is InChI=1S/C12H22N2O2/c1-9(2)6-7-10(16)14-11(13-8-15)12(3,4)5/h9,11H,6-7H2,1-5H3,(H,14,16). The van der Waals surface area contributed by atoms with Gasteiger partial charge in [0, 0.05) is 11.8 Å². The number of hydrogen-bond acceptors (Lipinski definition) is 3. The SMILES string of the molecule is CC(C)CCC(=O)NC(N=C=O)C(C)(C)C. The third kappa shape index (κ3) is 6.36. The third-order valence-corrected chi connectivity index (χ3v) is 2.25. The summed E-state index contributed by atoms with van der Waals surface area (Å²) in [4.78, 5) is 25.5. The summed E-state index contributed by atoms with van der Waals surface area (Å²) in [5.41, 5.74) is -0.273. The maximum atomic E-state index is 11.6. The predicted octanol–water partition coefficient (Wildman–Crippen LogP) is 2.25. The Labute approximate surface area is 97.5 Å². The first-order chi connectivity index (χ1) is 7.27. The van der Waals surface area contributed by atoms with E-state index < -0.39 is 6.17 Å². The van der Waals surface area contributed by atoms with E-state index in [2.05, 4.69) is 24.2 Å². The van der Waals surface area contributed by atoms with E-state index in [0.29, 0.717) is 12.3 Å². The first kappa shape index (κ1) is 14.8. The average Bonchev–Trinajstić information content (AvgIpc) is 2.12. The smallest absolute Gasteiger partial charge is 0.237 e. The van der Waals surface area contributed by atoms with Crippen LogP contribution in [0.5, 0.6) is 0 Å². The number of nitrogens with zero attached hydrogens (tertiary/aromatic N) is 1. The van der Waals surface area contributed by atoms with Gasteiger partial charge in [-0.3, -0.25) is 4.79 Å². The van der Waals surface area contributed by atoms with Gasteiger partial charge >= 0.3 is 0 Å².